The van der Waals surface area contributed by atoms with Gasteiger partial charge in [-0.3, -0.25) is 9.36 Å². The van der Waals surface area contributed by atoms with Gasteiger partial charge in [0.2, 0.25) is 11.8 Å². The van der Waals surface area contributed by atoms with E-state index in [1.54, 1.807) is 12.1 Å². The highest BCUT2D eigenvalue weighted by atomic mass is 19.4. The van der Waals surface area contributed by atoms with Gasteiger partial charge in [-0.2, -0.15) is 18.3 Å². The van der Waals surface area contributed by atoms with E-state index in [1.807, 2.05) is 19.9 Å². The van der Waals surface area contributed by atoms with Gasteiger partial charge in [0.25, 0.3) is 0 Å². The van der Waals surface area contributed by atoms with Gasteiger partial charge in [0, 0.05) is 17.0 Å². The van der Waals surface area contributed by atoms with Crippen LogP contribution in [-0.4, -0.2) is 21.8 Å². The van der Waals surface area contributed by atoms with Crippen molar-refractivity contribution in [3.63, 3.8) is 0 Å². The second-order valence-electron chi connectivity index (χ2n) is 7.66. The molecule has 1 aliphatic rings. The topological polar surface area (TPSA) is 66.6 Å². The monoisotopic (exact) mass is 415 g/mol. The number of rotatable bonds is 4. The van der Waals surface area contributed by atoms with Gasteiger partial charge in [0.1, 0.15) is 0 Å². The number of hydrogen-bond donors (Lipinski definition) is 2. The van der Waals surface area contributed by atoms with E-state index in [9.17, 15) is 23.1 Å². The van der Waals surface area contributed by atoms with Crippen LogP contribution in [-0.2, 0) is 11.0 Å². The third kappa shape index (κ3) is 3.77. The Morgan fingerprint density at radius 2 is 1.83 bits per heavy atom. The van der Waals surface area contributed by atoms with Crippen molar-refractivity contribution >= 4 is 23.0 Å². The van der Waals surface area contributed by atoms with E-state index in [-0.39, 0.29) is 28.8 Å². The molecule has 0 aliphatic heterocycles. The van der Waals surface area contributed by atoms with Crippen molar-refractivity contribution in [2.45, 2.75) is 32.9 Å². The number of hydrazone groups is 1. The van der Waals surface area contributed by atoms with Crippen molar-refractivity contribution in [1.82, 2.24) is 9.99 Å². The first-order valence-electron chi connectivity index (χ1n) is 9.51. The third-order valence-corrected chi connectivity index (χ3v) is 5.09. The molecule has 3 aromatic rings. The first-order valence-corrected chi connectivity index (χ1v) is 9.51. The predicted molar refractivity (Wildman–Crippen MR) is 108 cm³/mol. The fraction of sp³-hybridized carbons (Fsp3) is 0.273. The Balaban J connectivity index is 1.88. The molecule has 30 heavy (non-hydrogen) atoms. The molecule has 0 atom stereocenters. The number of amides is 1. The second kappa shape index (κ2) is 7.19. The lowest BCUT2D eigenvalue weighted by Crippen LogP contribution is -2.18. The zero-order valence-electron chi connectivity index (χ0n) is 16.4. The molecule has 2 N–H and O–H groups in total. The normalized spacial score (nSPS) is 14.6. The van der Waals surface area contributed by atoms with Crippen LogP contribution < -0.4 is 5.43 Å². The third-order valence-electron chi connectivity index (χ3n) is 5.09. The minimum Gasteiger partial charge on any atom is -0.494 e. The molecule has 1 fully saturated rings. The van der Waals surface area contributed by atoms with Crippen LogP contribution >= 0.6 is 0 Å². The smallest absolute Gasteiger partial charge is 0.416 e. The van der Waals surface area contributed by atoms with Gasteiger partial charge < -0.3 is 5.11 Å². The van der Waals surface area contributed by atoms with Crippen molar-refractivity contribution in [1.29, 1.82) is 0 Å². The lowest BCUT2D eigenvalue weighted by molar-refractivity contribution is -0.137. The van der Waals surface area contributed by atoms with Crippen LogP contribution in [0.15, 0.2) is 41.5 Å². The summed E-state index contributed by atoms with van der Waals surface area (Å²) in [5.74, 6) is -0.497. The molecule has 1 heterocycles. The van der Waals surface area contributed by atoms with Crippen LogP contribution in [0.4, 0.5) is 13.2 Å². The Bertz CT molecular complexity index is 1150. The minimum atomic E-state index is -4.52. The second-order valence-corrected chi connectivity index (χ2v) is 7.66. The highest BCUT2D eigenvalue weighted by molar-refractivity contribution is 6.03. The van der Waals surface area contributed by atoms with Gasteiger partial charge in [-0.25, -0.2) is 5.43 Å². The van der Waals surface area contributed by atoms with Crippen LogP contribution in [0.3, 0.4) is 0 Å². The molecule has 4 rings (SSSR count). The Kier molecular flexibility index (Phi) is 4.80. The van der Waals surface area contributed by atoms with Crippen molar-refractivity contribution in [2.75, 3.05) is 0 Å². The number of nitrogens with zero attached hydrogens (tertiary/aromatic N) is 2. The van der Waals surface area contributed by atoms with Gasteiger partial charge in [-0.15, -0.1) is 0 Å². The number of nitrogens with one attached hydrogen (secondary N) is 1. The molecule has 1 saturated carbocycles. The van der Waals surface area contributed by atoms with E-state index >= 15 is 0 Å². The molecule has 156 valence electrons. The number of carbonyl (C=O) groups excluding carboxylic acids is 1. The zero-order valence-corrected chi connectivity index (χ0v) is 16.4. The molecule has 8 heteroatoms. The molecular formula is C22H20F3N3O2. The number of halogens is 3. The number of aromatic nitrogens is 1. The number of benzene rings is 2. The lowest BCUT2D eigenvalue weighted by Gasteiger charge is -2.11. The summed E-state index contributed by atoms with van der Waals surface area (Å²) < 4.78 is 41.3. The largest absolute Gasteiger partial charge is 0.494 e. The maximum Gasteiger partial charge on any atom is 0.416 e. The summed E-state index contributed by atoms with van der Waals surface area (Å²) in [4.78, 5) is 11.8. The summed E-state index contributed by atoms with van der Waals surface area (Å²) in [5.41, 5.74) is 4.38. The summed E-state index contributed by atoms with van der Waals surface area (Å²) in [7, 11) is 0. The average Bonchev–Trinajstić information content (AvgIpc) is 3.45. The maximum absolute atomic E-state index is 13.3. The number of aryl methyl sites for hydroxylation is 2. The standard InChI is InChI=1S/C22H20F3N3O2/c1-12-7-13(2)9-16(8-12)28-19-10-15(22(23,24)25)5-6-17(19)18(21(28)30)11-26-27-20(29)14-3-4-14/h5-11,14,30H,3-4H2,1-2H3,(H,27,29). The molecular weight excluding hydrogens is 395 g/mol. The molecule has 5 nitrogen and oxygen atoms in total. The summed E-state index contributed by atoms with van der Waals surface area (Å²) >= 11 is 0. The van der Waals surface area contributed by atoms with Gasteiger partial charge in [-0.1, -0.05) is 12.1 Å². The van der Waals surface area contributed by atoms with Crippen LogP contribution in [0.2, 0.25) is 0 Å². The highest BCUT2D eigenvalue weighted by Crippen LogP contribution is 2.38. The van der Waals surface area contributed by atoms with Crippen LogP contribution in [0.25, 0.3) is 16.6 Å². The molecule has 1 aliphatic carbocycles. The number of hydrogen-bond acceptors (Lipinski definition) is 3. The maximum atomic E-state index is 13.3. The minimum absolute atomic E-state index is 0.0401. The van der Waals surface area contributed by atoms with E-state index in [1.165, 1.54) is 16.8 Å². The van der Waals surface area contributed by atoms with E-state index in [0.717, 1.165) is 36.1 Å². The number of alkyl halides is 3. The van der Waals surface area contributed by atoms with Crippen molar-refractivity contribution in [2.24, 2.45) is 11.0 Å². The summed E-state index contributed by atoms with van der Waals surface area (Å²) in [6.07, 6.45) is -1.62. The first kappa shape index (κ1) is 20.0. The van der Waals surface area contributed by atoms with Gasteiger partial charge in [0.15, 0.2) is 0 Å². The summed E-state index contributed by atoms with van der Waals surface area (Å²) in [6, 6.07) is 8.77. The van der Waals surface area contributed by atoms with E-state index in [2.05, 4.69) is 10.5 Å². The summed E-state index contributed by atoms with van der Waals surface area (Å²) in [5, 5.41) is 15.2. The molecule has 0 saturated heterocycles. The quantitative estimate of drug-likeness (QED) is 0.473. The Hall–Kier alpha value is -3.29. The molecule has 2 aromatic carbocycles. The molecule has 0 unspecified atom stereocenters. The highest BCUT2D eigenvalue weighted by Gasteiger charge is 2.32. The van der Waals surface area contributed by atoms with Gasteiger partial charge in [-0.05, 0) is 62.1 Å². The number of aromatic hydroxyl groups is 1. The number of fused-ring (bicyclic) bond motifs is 1. The van der Waals surface area contributed by atoms with Crippen molar-refractivity contribution in [3.8, 4) is 11.6 Å². The fourth-order valence-electron chi connectivity index (χ4n) is 3.54. The molecule has 1 aromatic heterocycles. The molecule has 0 bridgehead atoms. The van der Waals surface area contributed by atoms with E-state index < -0.39 is 11.7 Å². The summed E-state index contributed by atoms with van der Waals surface area (Å²) in [6.45, 7) is 3.74. The average molecular weight is 415 g/mol. The Morgan fingerprint density at radius 1 is 1.17 bits per heavy atom. The number of carbonyl (C=O) groups is 1. The fourth-order valence-corrected chi connectivity index (χ4v) is 3.54. The van der Waals surface area contributed by atoms with Gasteiger partial charge in [0.05, 0.1) is 22.9 Å². The SMILES string of the molecule is Cc1cc(C)cc(-n2c(O)c(C=NNC(=O)C3CC3)c3ccc(C(F)(F)F)cc32)c1. The van der Waals surface area contributed by atoms with Crippen molar-refractivity contribution in [3.05, 3.63) is 58.7 Å². The van der Waals surface area contributed by atoms with E-state index in [0.29, 0.717) is 11.1 Å². The van der Waals surface area contributed by atoms with Gasteiger partial charge >= 0.3 is 6.18 Å². The van der Waals surface area contributed by atoms with Crippen LogP contribution in [0.5, 0.6) is 5.88 Å². The Labute approximate surface area is 170 Å². The van der Waals surface area contributed by atoms with E-state index in [4.69, 9.17) is 0 Å². The molecule has 0 radical (unpaired) electrons. The lowest BCUT2D eigenvalue weighted by atomic mass is 10.1. The Morgan fingerprint density at radius 3 is 2.43 bits per heavy atom. The van der Waals surface area contributed by atoms with Crippen molar-refractivity contribution < 1.29 is 23.1 Å². The first-order chi connectivity index (χ1) is 14.1. The van der Waals surface area contributed by atoms with Crippen LogP contribution in [0.1, 0.15) is 35.1 Å². The van der Waals surface area contributed by atoms with Crippen LogP contribution in [0, 0.1) is 19.8 Å². The predicted octanol–water partition coefficient (Wildman–Crippen LogP) is 4.83. The zero-order chi connectivity index (χ0) is 21.6. The molecule has 0 spiro atoms. The molecule has 1 amide bonds.